The van der Waals surface area contributed by atoms with Crippen LogP contribution in [0.2, 0.25) is 5.02 Å². The maximum atomic E-state index is 6.30. The van der Waals surface area contributed by atoms with Gasteiger partial charge in [0.15, 0.2) is 0 Å². The monoisotopic (exact) mass is 351 g/mol. The topological polar surface area (TPSA) is 85.2 Å². The van der Waals surface area contributed by atoms with E-state index in [9.17, 15) is 0 Å². The van der Waals surface area contributed by atoms with Crippen molar-refractivity contribution < 1.29 is 0 Å². The number of H-pyrrole nitrogens is 1. The fourth-order valence-corrected chi connectivity index (χ4v) is 2.94. The van der Waals surface area contributed by atoms with Gasteiger partial charge in [-0.1, -0.05) is 29.8 Å². The molecule has 0 aliphatic rings. The summed E-state index contributed by atoms with van der Waals surface area (Å²) >= 11 is 6.30. The molecule has 4 rings (SSSR count). The summed E-state index contributed by atoms with van der Waals surface area (Å²) < 4.78 is 2.01. The minimum Gasteiger partial charge on any atom is -0.329 e. The second kappa shape index (κ2) is 6.45. The number of aromatic nitrogens is 7. The van der Waals surface area contributed by atoms with Crippen molar-refractivity contribution in [3.8, 4) is 22.8 Å². The van der Waals surface area contributed by atoms with Crippen molar-refractivity contribution in [2.45, 2.75) is 13.0 Å². The zero-order chi connectivity index (χ0) is 17.2. The van der Waals surface area contributed by atoms with Gasteiger partial charge in [-0.2, -0.15) is 5.21 Å². The van der Waals surface area contributed by atoms with Crippen LogP contribution in [0.1, 0.15) is 18.5 Å². The van der Waals surface area contributed by atoms with E-state index in [2.05, 4.69) is 37.5 Å². The Hall–Kier alpha value is -3.06. The van der Waals surface area contributed by atoms with Gasteiger partial charge >= 0.3 is 0 Å². The first kappa shape index (κ1) is 15.5. The van der Waals surface area contributed by atoms with Crippen LogP contribution < -0.4 is 0 Å². The van der Waals surface area contributed by atoms with Crippen LogP contribution in [0.25, 0.3) is 22.8 Å². The van der Waals surface area contributed by atoms with E-state index in [1.54, 1.807) is 12.5 Å². The Kier molecular flexibility index (Phi) is 3.99. The van der Waals surface area contributed by atoms with E-state index in [0.717, 1.165) is 27.5 Å². The Bertz CT molecular complexity index is 994. The zero-order valence-electron chi connectivity index (χ0n) is 13.3. The number of tetrazole rings is 1. The molecule has 7 nitrogen and oxygen atoms in total. The average Bonchev–Trinajstić information content (AvgIpc) is 3.34. The third kappa shape index (κ3) is 3.01. The highest BCUT2D eigenvalue weighted by molar-refractivity contribution is 6.31. The minimum atomic E-state index is 0.0651. The first-order chi connectivity index (χ1) is 12.2. The summed E-state index contributed by atoms with van der Waals surface area (Å²) in [6.07, 6.45) is 5.44. The molecule has 0 aliphatic heterocycles. The molecule has 124 valence electrons. The third-order valence-electron chi connectivity index (χ3n) is 4.03. The Morgan fingerprint density at radius 2 is 2.00 bits per heavy atom. The van der Waals surface area contributed by atoms with E-state index in [1.165, 1.54) is 0 Å². The van der Waals surface area contributed by atoms with E-state index in [1.807, 2.05) is 47.2 Å². The highest BCUT2D eigenvalue weighted by atomic mass is 35.5. The van der Waals surface area contributed by atoms with Gasteiger partial charge in [0.25, 0.3) is 0 Å². The Balaban J connectivity index is 1.66. The van der Waals surface area contributed by atoms with Crippen molar-refractivity contribution in [2.24, 2.45) is 0 Å². The van der Waals surface area contributed by atoms with Crippen LogP contribution in [0.3, 0.4) is 0 Å². The van der Waals surface area contributed by atoms with Crippen LogP contribution in [0.4, 0.5) is 0 Å². The van der Waals surface area contributed by atoms with E-state index in [0.29, 0.717) is 5.82 Å². The molecule has 0 saturated heterocycles. The lowest BCUT2D eigenvalue weighted by Gasteiger charge is -2.14. The van der Waals surface area contributed by atoms with Gasteiger partial charge in [0, 0.05) is 23.0 Å². The van der Waals surface area contributed by atoms with Gasteiger partial charge in [-0.25, -0.2) is 4.98 Å². The van der Waals surface area contributed by atoms with Crippen LogP contribution in [0.5, 0.6) is 0 Å². The van der Waals surface area contributed by atoms with Gasteiger partial charge in [-0.05, 0) is 35.9 Å². The van der Waals surface area contributed by atoms with Gasteiger partial charge in [-0.3, -0.25) is 4.98 Å². The third-order valence-corrected chi connectivity index (χ3v) is 4.37. The predicted octanol–water partition coefficient (Wildman–Crippen LogP) is 3.39. The molecule has 0 amide bonds. The number of hydrogen-bond acceptors (Lipinski definition) is 5. The minimum absolute atomic E-state index is 0.0651. The molecular weight excluding hydrogens is 338 g/mol. The molecule has 1 atom stereocenters. The zero-order valence-corrected chi connectivity index (χ0v) is 14.1. The lowest BCUT2D eigenvalue weighted by Crippen LogP contribution is -2.04. The maximum absolute atomic E-state index is 6.30. The number of hydrogen-bond donors (Lipinski definition) is 1. The van der Waals surface area contributed by atoms with Crippen LogP contribution >= 0.6 is 11.6 Å². The van der Waals surface area contributed by atoms with Crippen LogP contribution in [-0.2, 0) is 0 Å². The lowest BCUT2D eigenvalue weighted by atomic mass is 10.1. The van der Waals surface area contributed by atoms with Crippen LogP contribution in [-0.4, -0.2) is 35.2 Å². The fourth-order valence-electron chi connectivity index (χ4n) is 2.65. The number of halogens is 1. The number of aromatic amines is 1. The molecule has 4 aromatic rings. The molecule has 8 heteroatoms. The molecule has 3 aromatic heterocycles. The van der Waals surface area contributed by atoms with E-state index < -0.39 is 0 Å². The van der Waals surface area contributed by atoms with Crippen molar-refractivity contribution >= 4 is 11.6 Å². The number of benzene rings is 1. The lowest BCUT2D eigenvalue weighted by molar-refractivity contribution is 0.639. The molecule has 0 radical (unpaired) electrons. The Morgan fingerprint density at radius 1 is 1.12 bits per heavy atom. The van der Waals surface area contributed by atoms with Crippen molar-refractivity contribution in [1.29, 1.82) is 0 Å². The highest BCUT2D eigenvalue weighted by Crippen LogP contribution is 2.27. The largest absolute Gasteiger partial charge is 0.329 e. The van der Waals surface area contributed by atoms with E-state index >= 15 is 0 Å². The van der Waals surface area contributed by atoms with Gasteiger partial charge in [0.05, 0.1) is 18.1 Å². The van der Waals surface area contributed by atoms with Crippen LogP contribution in [0.15, 0.2) is 55.1 Å². The number of pyridine rings is 1. The number of nitrogens with one attached hydrogen (secondary N) is 1. The van der Waals surface area contributed by atoms with Gasteiger partial charge in [0.1, 0.15) is 5.69 Å². The summed E-state index contributed by atoms with van der Waals surface area (Å²) in [5.74, 6) is 0.521. The molecule has 1 N–H and O–H groups in total. The molecule has 0 aliphatic carbocycles. The highest BCUT2D eigenvalue weighted by Gasteiger charge is 2.14. The first-order valence-corrected chi connectivity index (χ1v) is 8.08. The molecule has 25 heavy (non-hydrogen) atoms. The summed E-state index contributed by atoms with van der Waals surface area (Å²) in [5.41, 5.74) is 3.38. The van der Waals surface area contributed by atoms with Crippen molar-refractivity contribution in [2.75, 3.05) is 0 Å². The van der Waals surface area contributed by atoms with Gasteiger partial charge in [-0.15, -0.1) is 10.2 Å². The second-order valence-electron chi connectivity index (χ2n) is 5.57. The molecule has 0 bridgehead atoms. The molecule has 3 heterocycles. The quantitative estimate of drug-likeness (QED) is 0.609. The van der Waals surface area contributed by atoms with Crippen LogP contribution in [0, 0.1) is 0 Å². The van der Waals surface area contributed by atoms with Crippen molar-refractivity contribution in [3.05, 3.63) is 65.7 Å². The summed E-state index contributed by atoms with van der Waals surface area (Å²) in [6, 6.07) is 11.6. The number of rotatable bonds is 4. The van der Waals surface area contributed by atoms with Crippen molar-refractivity contribution in [1.82, 2.24) is 35.2 Å². The predicted molar refractivity (Wildman–Crippen MR) is 93.9 cm³/mol. The molecular formula is C17H14ClN7. The summed E-state index contributed by atoms with van der Waals surface area (Å²) in [5, 5.41) is 14.7. The molecule has 1 aromatic carbocycles. The SMILES string of the molecule is CC(c1ccccc1Cl)n1cnc(-c2cc(-c3nn[nH]n3)ccn2)c1. The Labute approximate surface area is 148 Å². The van der Waals surface area contributed by atoms with E-state index in [4.69, 9.17) is 11.6 Å². The van der Waals surface area contributed by atoms with Gasteiger partial charge in [0.2, 0.25) is 5.82 Å². The van der Waals surface area contributed by atoms with Gasteiger partial charge < -0.3 is 4.57 Å². The fraction of sp³-hybridized carbons (Fsp3) is 0.118. The average molecular weight is 352 g/mol. The van der Waals surface area contributed by atoms with E-state index in [-0.39, 0.29) is 6.04 Å². The molecule has 1 unspecified atom stereocenters. The summed E-state index contributed by atoms with van der Waals surface area (Å²) in [4.78, 5) is 8.87. The Morgan fingerprint density at radius 3 is 2.80 bits per heavy atom. The molecule has 0 saturated carbocycles. The molecule has 0 spiro atoms. The van der Waals surface area contributed by atoms with Crippen molar-refractivity contribution in [3.63, 3.8) is 0 Å². The number of imidazole rings is 1. The smallest absolute Gasteiger partial charge is 0.204 e. The first-order valence-electron chi connectivity index (χ1n) is 7.70. The summed E-state index contributed by atoms with van der Waals surface area (Å²) in [6.45, 7) is 2.08. The second-order valence-corrected chi connectivity index (χ2v) is 5.98. The summed E-state index contributed by atoms with van der Waals surface area (Å²) in [7, 11) is 0. The number of nitrogens with zero attached hydrogens (tertiary/aromatic N) is 6. The normalized spacial score (nSPS) is 12.2. The standard InChI is InChI=1S/C17H14ClN7/c1-11(13-4-2-3-5-14(13)18)25-9-16(20-10-25)15-8-12(6-7-19-15)17-21-23-24-22-17/h2-11H,1H3,(H,21,22,23,24). The molecule has 0 fully saturated rings. The maximum Gasteiger partial charge on any atom is 0.204 e.